The molecular formula is C18H27NO3. The highest BCUT2D eigenvalue weighted by Gasteiger charge is 2.27. The van der Waals surface area contributed by atoms with E-state index in [4.69, 9.17) is 4.74 Å². The van der Waals surface area contributed by atoms with Crippen LogP contribution in [0.15, 0.2) is 30.3 Å². The van der Waals surface area contributed by atoms with Crippen LogP contribution in [-0.4, -0.2) is 36.4 Å². The van der Waals surface area contributed by atoms with Gasteiger partial charge in [0.25, 0.3) is 0 Å². The van der Waals surface area contributed by atoms with Crippen LogP contribution in [0.1, 0.15) is 38.2 Å². The van der Waals surface area contributed by atoms with Crippen LogP contribution < -0.4 is 5.32 Å². The molecule has 1 aliphatic carbocycles. The van der Waals surface area contributed by atoms with Crippen LogP contribution in [0.25, 0.3) is 0 Å². The molecule has 0 aliphatic heterocycles. The number of aliphatic hydroxyl groups excluding tert-OH is 1. The predicted molar refractivity (Wildman–Crippen MR) is 86.5 cm³/mol. The van der Waals surface area contributed by atoms with Gasteiger partial charge in [-0.3, -0.25) is 4.79 Å². The van der Waals surface area contributed by atoms with Gasteiger partial charge in [-0.05, 0) is 44.6 Å². The molecule has 1 aliphatic rings. The summed E-state index contributed by atoms with van der Waals surface area (Å²) in [5.41, 5.74) is 1.16. The standard InChI is InChI=1S/C18H27NO3/c1-2-22-18(21)15-8-10-16(11-9-15)19-13-17(20)12-14-6-4-3-5-7-14/h3-7,15-17,19-20H,2,8-13H2,1H3. The average molecular weight is 305 g/mol. The summed E-state index contributed by atoms with van der Waals surface area (Å²) in [6.45, 7) is 2.91. The van der Waals surface area contributed by atoms with Gasteiger partial charge in [-0.2, -0.15) is 0 Å². The second kappa shape index (κ2) is 8.91. The lowest BCUT2D eigenvalue weighted by Gasteiger charge is -2.28. The van der Waals surface area contributed by atoms with E-state index in [0.29, 0.717) is 25.6 Å². The Morgan fingerprint density at radius 2 is 1.95 bits per heavy atom. The summed E-state index contributed by atoms with van der Waals surface area (Å²) in [7, 11) is 0. The van der Waals surface area contributed by atoms with E-state index < -0.39 is 0 Å². The number of esters is 1. The molecule has 1 aromatic rings. The number of carbonyl (C=O) groups is 1. The van der Waals surface area contributed by atoms with Crippen molar-refractivity contribution in [1.29, 1.82) is 0 Å². The first-order valence-corrected chi connectivity index (χ1v) is 8.31. The highest BCUT2D eigenvalue weighted by molar-refractivity contribution is 5.72. The van der Waals surface area contributed by atoms with Crippen molar-refractivity contribution < 1.29 is 14.6 Å². The van der Waals surface area contributed by atoms with Gasteiger partial charge in [0, 0.05) is 12.6 Å². The maximum absolute atomic E-state index is 11.7. The maximum atomic E-state index is 11.7. The van der Waals surface area contributed by atoms with Gasteiger partial charge in [-0.15, -0.1) is 0 Å². The summed E-state index contributed by atoms with van der Waals surface area (Å²) in [6.07, 6.45) is 4.01. The molecular weight excluding hydrogens is 278 g/mol. The monoisotopic (exact) mass is 305 g/mol. The smallest absolute Gasteiger partial charge is 0.308 e. The number of hydrogen-bond acceptors (Lipinski definition) is 4. The molecule has 1 aromatic carbocycles. The van der Waals surface area contributed by atoms with E-state index in [0.717, 1.165) is 31.2 Å². The Morgan fingerprint density at radius 3 is 2.59 bits per heavy atom. The molecule has 2 rings (SSSR count). The SMILES string of the molecule is CCOC(=O)C1CCC(NCC(O)Cc2ccccc2)CC1. The minimum Gasteiger partial charge on any atom is -0.466 e. The highest BCUT2D eigenvalue weighted by Crippen LogP contribution is 2.25. The zero-order valence-corrected chi connectivity index (χ0v) is 13.3. The molecule has 0 aromatic heterocycles. The lowest BCUT2D eigenvalue weighted by molar-refractivity contribution is -0.149. The van der Waals surface area contributed by atoms with Gasteiger partial charge in [0.1, 0.15) is 0 Å². The lowest BCUT2D eigenvalue weighted by atomic mass is 9.86. The third kappa shape index (κ3) is 5.43. The van der Waals surface area contributed by atoms with Gasteiger partial charge in [0.2, 0.25) is 0 Å². The van der Waals surface area contributed by atoms with E-state index in [9.17, 15) is 9.90 Å². The van der Waals surface area contributed by atoms with Crippen molar-refractivity contribution in [1.82, 2.24) is 5.32 Å². The fraction of sp³-hybridized carbons (Fsp3) is 0.611. The van der Waals surface area contributed by atoms with Crippen molar-refractivity contribution in [3.8, 4) is 0 Å². The molecule has 0 spiro atoms. The molecule has 4 nitrogen and oxygen atoms in total. The molecule has 22 heavy (non-hydrogen) atoms. The van der Waals surface area contributed by atoms with E-state index in [2.05, 4.69) is 5.32 Å². The Kier molecular flexibility index (Phi) is 6.87. The zero-order valence-electron chi connectivity index (χ0n) is 13.3. The number of carbonyl (C=O) groups excluding carboxylic acids is 1. The predicted octanol–water partition coefficient (Wildman–Crippen LogP) is 2.30. The first-order valence-electron chi connectivity index (χ1n) is 8.31. The zero-order chi connectivity index (χ0) is 15.8. The Hall–Kier alpha value is -1.39. The molecule has 122 valence electrons. The molecule has 1 saturated carbocycles. The van der Waals surface area contributed by atoms with Crippen molar-refractivity contribution in [2.24, 2.45) is 5.92 Å². The first kappa shape index (κ1) is 17.0. The maximum Gasteiger partial charge on any atom is 0.308 e. The summed E-state index contributed by atoms with van der Waals surface area (Å²) < 4.78 is 5.08. The molecule has 0 saturated heterocycles. The fourth-order valence-corrected chi connectivity index (χ4v) is 3.05. The summed E-state index contributed by atoms with van der Waals surface area (Å²) in [4.78, 5) is 11.7. The molecule has 0 bridgehead atoms. The van der Waals surface area contributed by atoms with Gasteiger partial charge in [0.15, 0.2) is 0 Å². The molecule has 0 radical (unpaired) electrons. The Labute approximate surface area is 132 Å². The summed E-state index contributed by atoms with van der Waals surface area (Å²) >= 11 is 0. The minimum absolute atomic E-state index is 0.0509. The number of rotatable bonds is 7. The van der Waals surface area contributed by atoms with Gasteiger partial charge in [0.05, 0.1) is 18.6 Å². The quantitative estimate of drug-likeness (QED) is 0.759. The summed E-state index contributed by atoms with van der Waals surface area (Å²) in [5.74, 6) is 0.0114. The topological polar surface area (TPSA) is 58.6 Å². The van der Waals surface area contributed by atoms with Crippen LogP contribution in [0.4, 0.5) is 0 Å². The van der Waals surface area contributed by atoms with Crippen LogP contribution in [-0.2, 0) is 16.0 Å². The lowest BCUT2D eigenvalue weighted by Crippen LogP contribution is -2.39. The molecule has 2 N–H and O–H groups in total. The van der Waals surface area contributed by atoms with Crippen LogP contribution in [0.2, 0.25) is 0 Å². The number of ether oxygens (including phenoxy) is 1. The first-order chi connectivity index (χ1) is 10.7. The van der Waals surface area contributed by atoms with Gasteiger partial charge >= 0.3 is 5.97 Å². The molecule has 1 fully saturated rings. The summed E-state index contributed by atoms with van der Waals surface area (Å²) in [5, 5.41) is 13.5. The van der Waals surface area contributed by atoms with Crippen LogP contribution in [0.5, 0.6) is 0 Å². The van der Waals surface area contributed by atoms with E-state index in [1.807, 2.05) is 37.3 Å². The van der Waals surface area contributed by atoms with E-state index in [1.165, 1.54) is 0 Å². The third-order valence-corrected chi connectivity index (χ3v) is 4.30. The minimum atomic E-state index is -0.370. The highest BCUT2D eigenvalue weighted by atomic mass is 16.5. The van der Waals surface area contributed by atoms with Crippen molar-refractivity contribution >= 4 is 5.97 Å². The normalized spacial score (nSPS) is 23.0. The molecule has 0 heterocycles. The van der Waals surface area contributed by atoms with Gasteiger partial charge in [-0.25, -0.2) is 0 Å². The molecule has 0 amide bonds. The van der Waals surface area contributed by atoms with E-state index in [1.54, 1.807) is 0 Å². The number of benzene rings is 1. The largest absolute Gasteiger partial charge is 0.466 e. The Bertz CT molecular complexity index is 441. The Balaban J connectivity index is 1.65. The van der Waals surface area contributed by atoms with Crippen molar-refractivity contribution in [2.75, 3.05) is 13.2 Å². The molecule has 1 unspecified atom stereocenters. The molecule has 4 heteroatoms. The second-order valence-corrected chi connectivity index (χ2v) is 6.05. The van der Waals surface area contributed by atoms with Crippen LogP contribution >= 0.6 is 0 Å². The Morgan fingerprint density at radius 1 is 1.27 bits per heavy atom. The summed E-state index contributed by atoms with van der Waals surface area (Å²) in [6, 6.07) is 10.4. The van der Waals surface area contributed by atoms with E-state index >= 15 is 0 Å². The second-order valence-electron chi connectivity index (χ2n) is 6.05. The van der Waals surface area contributed by atoms with Crippen LogP contribution in [0, 0.1) is 5.92 Å². The number of aliphatic hydroxyl groups is 1. The van der Waals surface area contributed by atoms with Gasteiger partial charge < -0.3 is 15.2 Å². The van der Waals surface area contributed by atoms with E-state index in [-0.39, 0.29) is 18.0 Å². The third-order valence-electron chi connectivity index (χ3n) is 4.30. The van der Waals surface area contributed by atoms with Gasteiger partial charge in [-0.1, -0.05) is 30.3 Å². The number of nitrogens with one attached hydrogen (secondary N) is 1. The number of hydrogen-bond donors (Lipinski definition) is 2. The molecule has 1 atom stereocenters. The average Bonchev–Trinajstić information content (AvgIpc) is 2.54. The van der Waals surface area contributed by atoms with Crippen molar-refractivity contribution in [3.05, 3.63) is 35.9 Å². The fourth-order valence-electron chi connectivity index (χ4n) is 3.05. The van der Waals surface area contributed by atoms with Crippen molar-refractivity contribution in [2.45, 2.75) is 51.2 Å². The van der Waals surface area contributed by atoms with Crippen LogP contribution in [0.3, 0.4) is 0 Å². The van der Waals surface area contributed by atoms with Crippen molar-refractivity contribution in [3.63, 3.8) is 0 Å².